The normalized spacial score (nSPS) is 15.2. The predicted molar refractivity (Wildman–Crippen MR) is 153 cm³/mol. The summed E-state index contributed by atoms with van der Waals surface area (Å²) < 4.78 is 75.0. The monoisotopic (exact) mass is 598 g/mol. The molecule has 0 spiro atoms. The smallest absolute Gasteiger partial charge is 0.434 e. The zero-order valence-corrected chi connectivity index (χ0v) is 25.3. The Hall–Kier alpha value is -2.47. The van der Waals surface area contributed by atoms with Crippen LogP contribution in [0.4, 0.5) is 4.79 Å². The molecule has 4 unspecified atom stereocenters. The van der Waals surface area contributed by atoms with Gasteiger partial charge in [-0.3, -0.25) is 9.11 Å². The molecule has 9 nitrogen and oxygen atoms in total. The lowest BCUT2D eigenvalue weighted by molar-refractivity contribution is 0.0277. The van der Waals surface area contributed by atoms with Crippen LogP contribution in [0.1, 0.15) is 89.2 Å². The van der Waals surface area contributed by atoms with Gasteiger partial charge in [-0.05, 0) is 71.9 Å². The van der Waals surface area contributed by atoms with E-state index in [4.69, 9.17) is 9.47 Å². The molecule has 0 aliphatic heterocycles. The fraction of sp³-hybridized carbons (Fsp3) is 0.552. The Kier molecular flexibility index (Phi) is 13.1. The first-order valence-electron chi connectivity index (χ1n) is 13.7. The average Bonchev–Trinajstić information content (AvgIpc) is 2.91. The molecule has 40 heavy (non-hydrogen) atoms. The highest BCUT2D eigenvalue weighted by Gasteiger charge is 2.24. The van der Waals surface area contributed by atoms with Crippen LogP contribution < -0.4 is 0 Å². The first kappa shape index (κ1) is 33.7. The number of hydrogen-bond acceptors (Lipinski definition) is 7. The lowest BCUT2D eigenvalue weighted by Crippen LogP contribution is -2.23. The van der Waals surface area contributed by atoms with E-state index in [1.165, 1.54) is 24.3 Å². The molecule has 224 valence electrons. The number of unbranched alkanes of at least 4 members (excludes halogenated alkanes) is 2. The van der Waals surface area contributed by atoms with Gasteiger partial charge in [-0.1, -0.05) is 77.6 Å². The Balaban J connectivity index is 2.03. The second kappa shape index (κ2) is 15.5. The van der Waals surface area contributed by atoms with Crippen molar-refractivity contribution in [1.82, 2.24) is 0 Å². The first-order chi connectivity index (χ1) is 18.8. The molecule has 0 aromatic heterocycles. The molecule has 0 heterocycles. The molecule has 4 atom stereocenters. The van der Waals surface area contributed by atoms with E-state index in [0.717, 1.165) is 49.7 Å². The molecule has 2 aromatic carbocycles. The standard InChI is InChI=1S/C29H42O9S2/c1-5-7-9-25(21(3)23-11-15-27(16-12-23)39(31,32)33)19-37-29(30)38-20-26(10-8-6-2)22(4)24-13-17-28(18-14-24)40(34,35)36/h11-18,21-22,25-26H,5-10,19-20H2,1-4H3,(H,31,32,33)(H,34,35,36). The first-order valence-corrected chi connectivity index (χ1v) is 16.6. The summed E-state index contributed by atoms with van der Waals surface area (Å²) in [5.41, 5.74) is 1.75. The summed E-state index contributed by atoms with van der Waals surface area (Å²) in [6.45, 7) is 8.43. The van der Waals surface area contributed by atoms with Crippen LogP contribution in [0, 0.1) is 11.8 Å². The van der Waals surface area contributed by atoms with E-state index in [9.17, 15) is 30.7 Å². The van der Waals surface area contributed by atoms with Crippen molar-refractivity contribution >= 4 is 26.4 Å². The van der Waals surface area contributed by atoms with Gasteiger partial charge >= 0.3 is 6.16 Å². The van der Waals surface area contributed by atoms with Crippen LogP contribution >= 0.6 is 0 Å². The Morgan fingerprint density at radius 2 is 1.00 bits per heavy atom. The van der Waals surface area contributed by atoms with Crippen LogP contribution in [0.3, 0.4) is 0 Å². The molecule has 2 aromatic rings. The molecule has 0 fully saturated rings. The third kappa shape index (κ3) is 10.5. The topological polar surface area (TPSA) is 144 Å². The summed E-state index contributed by atoms with van der Waals surface area (Å²) >= 11 is 0. The predicted octanol–water partition coefficient (Wildman–Crippen LogP) is 6.85. The van der Waals surface area contributed by atoms with E-state index in [2.05, 4.69) is 13.8 Å². The van der Waals surface area contributed by atoms with Crippen LogP contribution in [0.25, 0.3) is 0 Å². The van der Waals surface area contributed by atoms with Gasteiger partial charge in [-0.15, -0.1) is 0 Å². The molecule has 0 aliphatic carbocycles. The quantitative estimate of drug-likeness (QED) is 0.156. The highest BCUT2D eigenvalue weighted by atomic mass is 32.2. The molecule has 0 saturated carbocycles. The van der Waals surface area contributed by atoms with Gasteiger partial charge < -0.3 is 9.47 Å². The van der Waals surface area contributed by atoms with E-state index in [-0.39, 0.29) is 46.7 Å². The van der Waals surface area contributed by atoms with E-state index in [1.807, 2.05) is 13.8 Å². The number of hydrogen-bond donors (Lipinski definition) is 2. The molecule has 11 heteroatoms. The van der Waals surface area contributed by atoms with Crippen LogP contribution in [0.2, 0.25) is 0 Å². The minimum atomic E-state index is -4.27. The van der Waals surface area contributed by atoms with E-state index >= 15 is 0 Å². The van der Waals surface area contributed by atoms with Crippen molar-refractivity contribution < 1.29 is 40.2 Å². The fourth-order valence-corrected chi connectivity index (χ4v) is 5.67. The third-order valence-electron chi connectivity index (χ3n) is 7.51. The minimum absolute atomic E-state index is 0.0137. The minimum Gasteiger partial charge on any atom is -0.434 e. The van der Waals surface area contributed by atoms with Crippen molar-refractivity contribution in [2.45, 2.75) is 87.8 Å². The Morgan fingerprint density at radius 3 is 1.27 bits per heavy atom. The maximum atomic E-state index is 12.6. The largest absolute Gasteiger partial charge is 0.508 e. The van der Waals surface area contributed by atoms with Crippen LogP contribution in [0.15, 0.2) is 58.3 Å². The highest BCUT2D eigenvalue weighted by molar-refractivity contribution is 7.86. The average molecular weight is 599 g/mol. The van der Waals surface area contributed by atoms with Crippen LogP contribution in [-0.4, -0.2) is 45.3 Å². The summed E-state index contributed by atoms with van der Waals surface area (Å²) in [4.78, 5) is 12.3. The molecule has 2 N–H and O–H groups in total. The van der Waals surface area contributed by atoms with Gasteiger partial charge in [0.15, 0.2) is 0 Å². The zero-order chi connectivity index (χ0) is 29.9. The van der Waals surface area contributed by atoms with Crippen molar-refractivity contribution in [3.63, 3.8) is 0 Å². The zero-order valence-electron chi connectivity index (χ0n) is 23.7. The fourth-order valence-electron chi connectivity index (χ4n) is 4.71. The summed E-state index contributed by atoms with van der Waals surface area (Å²) in [5.74, 6) is -0.0870. The number of benzene rings is 2. The van der Waals surface area contributed by atoms with Crippen molar-refractivity contribution in [1.29, 1.82) is 0 Å². The molecular formula is C29H42O9S2. The van der Waals surface area contributed by atoms with Gasteiger partial charge in [0.1, 0.15) is 0 Å². The Morgan fingerprint density at radius 1 is 0.675 bits per heavy atom. The number of rotatable bonds is 16. The maximum absolute atomic E-state index is 12.6. The number of carbonyl (C=O) groups is 1. The maximum Gasteiger partial charge on any atom is 0.508 e. The van der Waals surface area contributed by atoms with Crippen LogP contribution in [-0.2, 0) is 29.7 Å². The molecule has 2 rings (SSSR count). The molecular weight excluding hydrogens is 556 g/mol. The Bertz CT molecular complexity index is 1170. The van der Waals surface area contributed by atoms with E-state index in [1.54, 1.807) is 24.3 Å². The number of carbonyl (C=O) groups excluding carboxylic acids is 1. The second-order valence-electron chi connectivity index (χ2n) is 10.3. The summed E-state index contributed by atoms with van der Waals surface area (Å²) in [6, 6.07) is 12.1. The lowest BCUT2D eigenvalue weighted by atomic mass is 9.84. The van der Waals surface area contributed by atoms with Gasteiger partial charge in [0, 0.05) is 0 Å². The van der Waals surface area contributed by atoms with E-state index < -0.39 is 26.4 Å². The summed E-state index contributed by atoms with van der Waals surface area (Å²) in [7, 11) is -8.55. The molecule has 0 amide bonds. The van der Waals surface area contributed by atoms with Gasteiger partial charge in [0.2, 0.25) is 0 Å². The van der Waals surface area contributed by atoms with Gasteiger partial charge in [-0.25, -0.2) is 4.79 Å². The van der Waals surface area contributed by atoms with Crippen molar-refractivity contribution in [3.05, 3.63) is 59.7 Å². The van der Waals surface area contributed by atoms with Gasteiger partial charge in [-0.2, -0.15) is 16.8 Å². The summed E-state index contributed by atoms with van der Waals surface area (Å²) in [5, 5.41) is 0. The molecule has 0 radical (unpaired) electrons. The van der Waals surface area contributed by atoms with Crippen molar-refractivity contribution in [2.75, 3.05) is 13.2 Å². The van der Waals surface area contributed by atoms with Crippen molar-refractivity contribution in [3.8, 4) is 0 Å². The van der Waals surface area contributed by atoms with Gasteiger partial charge in [0.05, 0.1) is 23.0 Å². The number of ether oxygens (including phenoxy) is 2. The van der Waals surface area contributed by atoms with Crippen LogP contribution in [0.5, 0.6) is 0 Å². The van der Waals surface area contributed by atoms with Gasteiger partial charge in [0.25, 0.3) is 20.2 Å². The highest BCUT2D eigenvalue weighted by Crippen LogP contribution is 2.31. The van der Waals surface area contributed by atoms with Crippen molar-refractivity contribution in [2.24, 2.45) is 11.8 Å². The Labute approximate surface area is 238 Å². The molecule has 0 aliphatic rings. The van der Waals surface area contributed by atoms with E-state index in [0.29, 0.717) is 0 Å². The third-order valence-corrected chi connectivity index (χ3v) is 9.24. The molecule has 0 bridgehead atoms. The SMILES string of the molecule is CCCCC(COC(=O)OCC(CCCC)C(C)c1ccc(S(=O)(=O)O)cc1)C(C)c1ccc(S(=O)(=O)O)cc1. The summed E-state index contributed by atoms with van der Waals surface area (Å²) in [6.07, 6.45) is 4.66. The second-order valence-corrected chi connectivity index (χ2v) is 13.2. The molecule has 0 saturated heterocycles. The lowest BCUT2D eigenvalue weighted by Gasteiger charge is -2.26.